The highest BCUT2D eigenvalue weighted by molar-refractivity contribution is 7.80. The van der Waals surface area contributed by atoms with Crippen molar-refractivity contribution in [2.24, 2.45) is 0 Å². The van der Waals surface area contributed by atoms with Gasteiger partial charge in [0.1, 0.15) is 0 Å². The van der Waals surface area contributed by atoms with Gasteiger partial charge in [0.25, 0.3) is 0 Å². The molecule has 5 nitrogen and oxygen atoms in total. The number of aryl methyl sites for hydroxylation is 3. The number of benzene rings is 2. The molecule has 2 aromatic carbocycles. The van der Waals surface area contributed by atoms with Crippen LogP contribution in [0.15, 0.2) is 36.4 Å². The Kier molecular flexibility index (Phi) is 6.87. The van der Waals surface area contributed by atoms with Gasteiger partial charge in [-0.2, -0.15) is 0 Å². The van der Waals surface area contributed by atoms with Crippen LogP contribution in [0.3, 0.4) is 0 Å². The van der Waals surface area contributed by atoms with Crippen LogP contribution >= 0.6 is 12.2 Å². The maximum atomic E-state index is 12.5. The molecule has 0 spiro atoms. The summed E-state index contributed by atoms with van der Waals surface area (Å²) in [6, 6.07) is 12.3. The summed E-state index contributed by atoms with van der Waals surface area (Å²) in [5, 5.41) is 7.12. The predicted molar refractivity (Wildman–Crippen MR) is 125 cm³/mol. The van der Waals surface area contributed by atoms with E-state index in [1.54, 1.807) is 0 Å². The van der Waals surface area contributed by atoms with E-state index in [4.69, 9.17) is 12.2 Å². The van der Waals surface area contributed by atoms with Gasteiger partial charge in [0.05, 0.1) is 6.54 Å². The molecule has 2 aromatic rings. The summed E-state index contributed by atoms with van der Waals surface area (Å²) in [6.07, 6.45) is 0. The highest BCUT2D eigenvalue weighted by Gasteiger charge is 2.21. The zero-order valence-corrected chi connectivity index (χ0v) is 18.5. The quantitative estimate of drug-likeness (QED) is 0.750. The number of carbonyl (C=O) groups excluding carboxylic acids is 1. The van der Waals surface area contributed by atoms with Crippen molar-refractivity contribution in [3.8, 4) is 0 Å². The van der Waals surface area contributed by atoms with E-state index in [9.17, 15) is 4.79 Å². The van der Waals surface area contributed by atoms with E-state index >= 15 is 0 Å². The van der Waals surface area contributed by atoms with Gasteiger partial charge >= 0.3 is 0 Å². The monoisotopic (exact) mass is 410 g/mol. The molecule has 0 aliphatic carbocycles. The Bertz CT molecular complexity index is 904. The van der Waals surface area contributed by atoms with Crippen molar-refractivity contribution in [2.75, 3.05) is 43.4 Å². The van der Waals surface area contributed by atoms with Crippen molar-refractivity contribution in [1.82, 2.24) is 9.80 Å². The number of nitrogens with one attached hydrogen (secondary N) is 2. The Morgan fingerprint density at radius 2 is 1.66 bits per heavy atom. The van der Waals surface area contributed by atoms with Gasteiger partial charge in [-0.3, -0.25) is 9.69 Å². The Labute approximate surface area is 179 Å². The molecule has 1 amide bonds. The fourth-order valence-electron chi connectivity index (χ4n) is 3.41. The minimum atomic E-state index is 0.0305. The first kappa shape index (κ1) is 21.3. The molecule has 6 heteroatoms. The zero-order chi connectivity index (χ0) is 21.0. The average Bonchev–Trinajstić information content (AvgIpc) is 2.69. The third-order valence-electron chi connectivity index (χ3n) is 5.66. The molecule has 0 aromatic heterocycles. The van der Waals surface area contributed by atoms with E-state index < -0.39 is 0 Å². The molecule has 1 aliphatic heterocycles. The maximum absolute atomic E-state index is 12.5. The van der Waals surface area contributed by atoms with Crippen LogP contribution < -0.4 is 10.6 Å². The number of nitrogens with zero attached hydrogens (tertiary/aromatic N) is 2. The van der Waals surface area contributed by atoms with Crippen molar-refractivity contribution in [3.63, 3.8) is 0 Å². The molecule has 29 heavy (non-hydrogen) atoms. The molecule has 154 valence electrons. The number of anilines is 2. The molecule has 2 N–H and O–H groups in total. The Balaban J connectivity index is 1.47. The second kappa shape index (κ2) is 9.37. The molecule has 1 heterocycles. The molecule has 0 bridgehead atoms. The van der Waals surface area contributed by atoms with Crippen LogP contribution in [0.5, 0.6) is 0 Å². The topological polar surface area (TPSA) is 47.6 Å². The van der Waals surface area contributed by atoms with Gasteiger partial charge in [0.15, 0.2) is 5.11 Å². The molecule has 1 saturated heterocycles. The van der Waals surface area contributed by atoms with Gasteiger partial charge in [-0.1, -0.05) is 18.2 Å². The maximum Gasteiger partial charge on any atom is 0.238 e. The van der Waals surface area contributed by atoms with Crippen LogP contribution in [0.2, 0.25) is 0 Å². The smallest absolute Gasteiger partial charge is 0.238 e. The minimum Gasteiger partial charge on any atom is -0.346 e. The molecule has 0 radical (unpaired) electrons. The summed E-state index contributed by atoms with van der Waals surface area (Å²) >= 11 is 5.59. The number of carbonyl (C=O) groups is 1. The lowest BCUT2D eigenvalue weighted by Crippen LogP contribution is -2.51. The minimum absolute atomic E-state index is 0.0305. The Hall–Kier alpha value is -2.44. The van der Waals surface area contributed by atoms with Crippen LogP contribution in [-0.2, 0) is 4.79 Å². The summed E-state index contributed by atoms with van der Waals surface area (Å²) in [5.74, 6) is 0.0305. The van der Waals surface area contributed by atoms with Crippen LogP contribution in [0.25, 0.3) is 0 Å². The van der Waals surface area contributed by atoms with Gasteiger partial charge < -0.3 is 15.5 Å². The molecule has 0 atom stereocenters. The van der Waals surface area contributed by atoms with E-state index in [1.807, 2.05) is 19.1 Å². The second-order valence-corrected chi connectivity index (χ2v) is 8.17. The third-order valence-corrected chi connectivity index (χ3v) is 6.02. The second-order valence-electron chi connectivity index (χ2n) is 7.79. The first-order valence-corrected chi connectivity index (χ1v) is 10.5. The number of thiocarbonyl (C=S) groups is 1. The Morgan fingerprint density at radius 1 is 0.931 bits per heavy atom. The lowest BCUT2D eigenvalue weighted by Gasteiger charge is -2.35. The van der Waals surface area contributed by atoms with Crippen molar-refractivity contribution in [3.05, 3.63) is 58.7 Å². The molecule has 1 fully saturated rings. The number of rotatable bonds is 4. The highest BCUT2D eigenvalue weighted by atomic mass is 32.1. The fourth-order valence-corrected chi connectivity index (χ4v) is 3.71. The molecular formula is C23H30N4OS. The van der Waals surface area contributed by atoms with E-state index in [0.29, 0.717) is 6.54 Å². The van der Waals surface area contributed by atoms with Gasteiger partial charge in [0, 0.05) is 37.6 Å². The predicted octanol–water partition coefficient (Wildman–Crippen LogP) is 3.87. The van der Waals surface area contributed by atoms with Crippen molar-refractivity contribution >= 4 is 34.6 Å². The Morgan fingerprint density at radius 3 is 2.34 bits per heavy atom. The van der Waals surface area contributed by atoms with E-state index in [0.717, 1.165) is 48.2 Å². The number of amides is 1. The van der Waals surface area contributed by atoms with Gasteiger partial charge in [0.2, 0.25) is 5.91 Å². The normalized spacial score (nSPS) is 14.6. The molecule has 1 aliphatic rings. The van der Waals surface area contributed by atoms with Crippen LogP contribution in [0, 0.1) is 27.7 Å². The number of hydrogen-bond donors (Lipinski definition) is 2. The van der Waals surface area contributed by atoms with Gasteiger partial charge in [-0.15, -0.1) is 0 Å². The molecule has 0 saturated carbocycles. The first-order chi connectivity index (χ1) is 13.8. The van der Waals surface area contributed by atoms with Crippen LogP contribution in [0.4, 0.5) is 11.4 Å². The summed E-state index contributed by atoms with van der Waals surface area (Å²) in [5.41, 5.74) is 6.74. The lowest BCUT2D eigenvalue weighted by atomic mass is 10.1. The van der Waals surface area contributed by atoms with Gasteiger partial charge in [-0.25, -0.2) is 0 Å². The van der Waals surface area contributed by atoms with E-state index in [2.05, 4.69) is 65.5 Å². The lowest BCUT2D eigenvalue weighted by molar-refractivity contribution is -0.117. The molecule has 3 rings (SSSR count). The summed E-state index contributed by atoms with van der Waals surface area (Å²) < 4.78 is 0. The third kappa shape index (κ3) is 5.55. The zero-order valence-electron chi connectivity index (χ0n) is 17.7. The van der Waals surface area contributed by atoms with E-state index in [-0.39, 0.29) is 5.91 Å². The summed E-state index contributed by atoms with van der Waals surface area (Å²) in [7, 11) is 0. The summed E-state index contributed by atoms with van der Waals surface area (Å²) in [4.78, 5) is 16.8. The molecular weight excluding hydrogens is 380 g/mol. The standard InChI is InChI=1S/C23H30N4OS/c1-16-8-9-20(14-18(16)3)24-23(29)27-12-10-26(11-13-27)15-22(28)25-21-7-5-6-17(2)19(21)4/h5-9,14H,10-13,15H2,1-4H3,(H,24,29)(H,25,28). The van der Waals surface area contributed by atoms with Crippen molar-refractivity contribution < 1.29 is 4.79 Å². The van der Waals surface area contributed by atoms with Crippen molar-refractivity contribution in [2.45, 2.75) is 27.7 Å². The highest BCUT2D eigenvalue weighted by Crippen LogP contribution is 2.18. The van der Waals surface area contributed by atoms with E-state index in [1.165, 1.54) is 16.7 Å². The van der Waals surface area contributed by atoms with Crippen LogP contribution in [0.1, 0.15) is 22.3 Å². The average molecular weight is 411 g/mol. The number of piperazine rings is 1. The first-order valence-electron chi connectivity index (χ1n) is 10.0. The number of hydrogen-bond acceptors (Lipinski definition) is 3. The largest absolute Gasteiger partial charge is 0.346 e. The SMILES string of the molecule is Cc1ccc(NC(=S)N2CCN(CC(=O)Nc3cccc(C)c3C)CC2)cc1C. The molecule has 0 unspecified atom stereocenters. The fraction of sp³-hybridized carbons (Fsp3) is 0.391. The van der Waals surface area contributed by atoms with Gasteiger partial charge in [-0.05, 0) is 80.4 Å². The summed E-state index contributed by atoms with van der Waals surface area (Å²) in [6.45, 7) is 12.0. The van der Waals surface area contributed by atoms with Crippen molar-refractivity contribution in [1.29, 1.82) is 0 Å². The van der Waals surface area contributed by atoms with Crippen LogP contribution in [-0.4, -0.2) is 53.5 Å².